The Morgan fingerprint density at radius 1 is 1.23 bits per heavy atom. The molecule has 3 aromatic rings. The van der Waals surface area contributed by atoms with E-state index in [0.29, 0.717) is 12.1 Å². The van der Waals surface area contributed by atoms with Crippen molar-refractivity contribution in [3.8, 4) is 0 Å². The number of benzene rings is 1. The minimum atomic E-state index is -0.0709. The van der Waals surface area contributed by atoms with Crippen molar-refractivity contribution in [3.63, 3.8) is 0 Å². The van der Waals surface area contributed by atoms with Gasteiger partial charge < -0.3 is 10.2 Å². The summed E-state index contributed by atoms with van der Waals surface area (Å²) in [5.74, 6) is -0.0709. The fourth-order valence-electron chi connectivity index (χ4n) is 2.95. The molecule has 0 spiro atoms. The van der Waals surface area contributed by atoms with Gasteiger partial charge in [0, 0.05) is 42.5 Å². The Bertz CT molecular complexity index is 866. The topological polar surface area (TPSA) is 50.2 Å². The van der Waals surface area contributed by atoms with Gasteiger partial charge in [0.25, 0.3) is 5.91 Å². The SMILES string of the molecule is Cc1cc(C)n(C(CNC(=O)c2ccc(N(C)C)cc2)c2cccs2)n1. The van der Waals surface area contributed by atoms with E-state index in [-0.39, 0.29) is 11.9 Å². The van der Waals surface area contributed by atoms with Gasteiger partial charge in [0.2, 0.25) is 0 Å². The molecular weight excluding hydrogens is 344 g/mol. The van der Waals surface area contributed by atoms with Crippen LogP contribution in [0.1, 0.15) is 32.7 Å². The highest BCUT2D eigenvalue weighted by molar-refractivity contribution is 7.10. The Balaban J connectivity index is 1.75. The van der Waals surface area contributed by atoms with E-state index < -0.39 is 0 Å². The molecule has 5 nitrogen and oxygen atoms in total. The lowest BCUT2D eigenvalue weighted by Crippen LogP contribution is -2.31. The third-order valence-corrected chi connectivity index (χ3v) is 5.29. The summed E-state index contributed by atoms with van der Waals surface area (Å²) >= 11 is 1.68. The zero-order valence-electron chi connectivity index (χ0n) is 15.6. The van der Waals surface area contributed by atoms with Gasteiger partial charge in [0.1, 0.15) is 6.04 Å². The van der Waals surface area contributed by atoms with E-state index in [0.717, 1.165) is 17.1 Å². The Morgan fingerprint density at radius 2 is 1.96 bits per heavy atom. The van der Waals surface area contributed by atoms with E-state index in [1.807, 2.05) is 67.9 Å². The maximum absolute atomic E-state index is 12.6. The summed E-state index contributed by atoms with van der Waals surface area (Å²) in [6.07, 6.45) is 0. The number of carbonyl (C=O) groups excluding carboxylic acids is 1. The first-order valence-corrected chi connectivity index (χ1v) is 9.45. The molecule has 0 aliphatic rings. The summed E-state index contributed by atoms with van der Waals surface area (Å²) in [6.45, 7) is 4.53. The average Bonchev–Trinajstić information content (AvgIpc) is 3.25. The van der Waals surface area contributed by atoms with Crippen LogP contribution in [0.3, 0.4) is 0 Å². The molecule has 2 aromatic heterocycles. The summed E-state index contributed by atoms with van der Waals surface area (Å²) in [6, 6.07) is 13.8. The third-order valence-electron chi connectivity index (χ3n) is 4.31. The number of rotatable bonds is 6. The highest BCUT2D eigenvalue weighted by Crippen LogP contribution is 2.24. The van der Waals surface area contributed by atoms with Crippen LogP contribution in [0, 0.1) is 13.8 Å². The first kappa shape index (κ1) is 18.2. The number of nitrogens with one attached hydrogen (secondary N) is 1. The first-order valence-electron chi connectivity index (χ1n) is 8.57. The van der Waals surface area contributed by atoms with Gasteiger partial charge in [-0.1, -0.05) is 6.07 Å². The molecule has 0 bridgehead atoms. The molecule has 0 saturated carbocycles. The van der Waals surface area contributed by atoms with Gasteiger partial charge in [0.05, 0.1) is 5.69 Å². The maximum Gasteiger partial charge on any atom is 0.251 e. The van der Waals surface area contributed by atoms with Crippen LogP contribution in [-0.2, 0) is 0 Å². The van der Waals surface area contributed by atoms with Gasteiger partial charge >= 0.3 is 0 Å². The average molecular weight is 369 g/mol. The Kier molecular flexibility index (Phi) is 5.42. The number of carbonyl (C=O) groups is 1. The monoisotopic (exact) mass is 368 g/mol. The molecule has 2 heterocycles. The van der Waals surface area contributed by atoms with Crippen molar-refractivity contribution in [2.75, 3.05) is 25.5 Å². The number of thiophene rings is 1. The van der Waals surface area contributed by atoms with Gasteiger partial charge in [-0.05, 0) is 55.6 Å². The molecule has 26 heavy (non-hydrogen) atoms. The lowest BCUT2D eigenvalue weighted by molar-refractivity contribution is 0.0949. The lowest BCUT2D eigenvalue weighted by Gasteiger charge is -2.19. The fourth-order valence-corrected chi connectivity index (χ4v) is 3.76. The van der Waals surface area contributed by atoms with Crippen LogP contribution in [0.4, 0.5) is 5.69 Å². The van der Waals surface area contributed by atoms with Crippen LogP contribution in [0.15, 0.2) is 47.8 Å². The lowest BCUT2D eigenvalue weighted by atomic mass is 10.1. The Labute approximate surface area is 158 Å². The number of hydrogen-bond donors (Lipinski definition) is 1. The zero-order chi connectivity index (χ0) is 18.7. The number of nitrogens with zero attached hydrogens (tertiary/aromatic N) is 3. The molecule has 1 unspecified atom stereocenters. The van der Waals surface area contributed by atoms with Crippen molar-refractivity contribution in [3.05, 3.63) is 69.7 Å². The summed E-state index contributed by atoms with van der Waals surface area (Å²) in [5.41, 5.74) is 3.80. The van der Waals surface area contributed by atoms with Crippen LogP contribution in [0.2, 0.25) is 0 Å². The molecular formula is C20H24N4OS. The first-order chi connectivity index (χ1) is 12.5. The van der Waals surface area contributed by atoms with Crippen LogP contribution in [0.5, 0.6) is 0 Å². The Morgan fingerprint density at radius 3 is 2.50 bits per heavy atom. The predicted molar refractivity (Wildman–Crippen MR) is 107 cm³/mol. The van der Waals surface area contributed by atoms with E-state index in [2.05, 4.69) is 27.9 Å². The number of aryl methyl sites for hydroxylation is 2. The number of aromatic nitrogens is 2. The Hall–Kier alpha value is -2.60. The van der Waals surface area contributed by atoms with E-state index in [9.17, 15) is 4.79 Å². The smallest absolute Gasteiger partial charge is 0.251 e. The van der Waals surface area contributed by atoms with Crippen LogP contribution >= 0.6 is 11.3 Å². The summed E-state index contributed by atoms with van der Waals surface area (Å²) in [5, 5.41) is 9.73. The molecule has 0 saturated heterocycles. The zero-order valence-corrected chi connectivity index (χ0v) is 16.4. The highest BCUT2D eigenvalue weighted by Gasteiger charge is 2.19. The van der Waals surface area contributed by atoms with Crippen molar-refractivity contribution in [1.82, 2.24) is 15.1 Å². The van der Waals surface area contributed by atoms with Gasteiger partial charge in [-0.3, -0.25) is 9.48 Å². The van der Waals surface area contributed by atoms with Crippen molar-refractivity contribution >= 4 is 22.9 Å². The predicted octanol–water partition coefficient (Wildman–Crippen LogP) is 3.65. The highest BCUT2D eigenvalue weighted by atomic mass is 32.1. The molecule has 1 N–H and O–H groups in total. The van der Waals surface area contributed by atoms with E-state index >= 15 is 0 Å². The van der Waals surface area contributed by atoms with Gasteiger partial charge in [-0.25, -0.2) is 0 Å². The summed E-state index contributed by atoms with van der Waals surface area (Å²) < 4.78 is 2.00. The normalized spacial score (nSPS) is 12.0. The number of anilines is 1. The van der Waals surface area contributed by atoms with Crippen LogP contribution in [0.25, 0.3) is 0 Å². The largest absolute Gasteiger partial charge is 0.378 e. The molecule has 1 amide bonds. The standard InChI is InChI=1S/C20H24N4OS/c1-14-12-15(2)24(22-14)18(19-6-5-11-26-19)13-21-20(25)16-7-9-17(10-8-16)23(3)4/h5-12,18H,13H2,1-4H3,(H,21,25). The van der Waals surface area contributed by atoms with E-state index in [1.54, 1.807) is 11.3 Å². The van der Waals surface area contributed by atoms with Crippen molar-refractivity contribution in [1.29, 1.82) is 0 Å². The second kappa shape index (κ2) is 7.74. The molecule has 1 aromatic carbocycles. The minimum absolute atomic E-state index is 0.00583. The molecule has 6 heteroatoms. The molecule has 0 radical (unpaired) electrons. The van der Waals surface area contributed by atoms with Crippen LogP contribution in [-0.4, -0.2) is 36.3 Å². The van der Waals surface area contributed by atoms with E-state index in [4.69, 9.17) is 0 Å². The van der Waals surface area contributed by atoms with Crippen molar-refractivity contribution in [2.24, 2.45) is 0 Å². The van der Waals surface area contributed by atoms with Gasteiger partial charge in [-0.2, -0.15) is 5.10 Å². The minimum Gasteiger partial charge on any atom is -0.378 e. The van der Waals surface area contributed by atoms with Crippen molar-refractivity contribution in [2.45, 2.75) is 19.9 Å². The molecule has 0 fully saturated rings. The summed E-state index contributed by atoms with van der Waals surface area (Å²) in [7, 11) is 3.96. The third kappa shape index (κ3) is 3.96. The molecule has 0 aliphatic carbocycles. The molecule has 3 rings (SSSR count). The second-order valence-corrected chi connectivity index (χ2v) is 7.53. The molecule has 1 atom stereocenters. The number of amides is 1. The van der Waals surface area contributed by atoms with Gasteiger partial charge in [-0.15, -0.1) is 11.3 Å². The molecule has 0 aliphatic heterocycles. The van der Waals surface area contributed by atoms with Gasteiger partial charge in [0.15, 0.2) is 0 Å². The maximum atomic E-state index is 12.6. The second-order valence-electron chi connectivity index (χ2n) is 6.55. The van der Waals surface area contributed by atoms with Crippen molar-refractivity contribution < 1.29 is 4.79 Å². The quantitative estimate of drug-likeness (QED) is 0.723. The van der Waals surface area contributed by atoms with E-state index in [1.165, 1.54) is 4.88 Å². The van der Waals surface area contributed by atoms with Crippen LogP contribution < -0.4 is 10.2 Å². The fraction of sp³-hybridized carbons (Fsp3) is 0.300. The summed E-state index contributed by atoms with van der Waals surface area (Å²) in [4.78, 5) is 15.8. The molecule has 136 valence electrons. The number of hydrogen-bond acceptors (Lipinski definition) is 4.